The van der Waals surface area contributed by atoms with Crippen LogP contribution >= 0.6 is 23.2 Å². The van der Waals surface area contributed by atoms with E-state index in [0.29, 0.717) is 26.9 Å². The predicted octanol–water partition coefficient (Wildman–Crippen LogP) is 4.22. The number of ether oxygens (including phenoxy) is 2. The lowest BCUT2D eigenvalue weighted by Gasteiger charge is -2.08. The lowest BCUT2D eigenvalue weighted by molar-refractivity contribution is -0.147. The van der Waals surface area contributed by atoms with Crippen LogP contribution in [0.25, 0.3) is 11.0 Å². The first-order chi connectivity index (χ1) is 12.0. The Hall–Kier alpha value is -2.50. The summed E-state index contributed by atoms with van der Waals surface area (Å²) in [7, 11) is 0. The molecule has 0 bridgehead atoms. The summed E-state index contributed by atoms with van der Waals surface area (Å²) in [6, 6.07) is 12.8. The van der Waals surface area contributed by atoms with Crippen molar-refractivity contribution in [3.63, 3.8) is 0 Å². The molecule has 0 aliphatic heterocycles. The SMILES string of the molecule is O=C(COc1ccc2ccc(=O)oc2c1)OCc1ccc(Cl)cc1Cl. The fourth-order valence-corrected chi connectivity index (χ4v) is 2.57. The number of esters is 1. The van der Waals surface area contributed by atoms with Crippen LogP contribution in [0.15, 0.2) is 57.7 Å². The maximum absolute atomic E-state index is 11.8. The first-order valence-corrected chi connectivity index (χ1v) is 8.03. The molecule has 128 valence electrons. The van der Waals surface area contributed by atoms with Crippen LogP contribution in [0.5, 0.6) is 5.75 Å². The summed E-state index contributed by atoms with van der Waals surface area (Å²) in [6.07, 6.45) is 0. The Kier molecular flexibility index (Phi) is 5.26. The number of fused-ring (bicyclic) bond motifs is 1. The van der Waals surface area contributed by atoms with Crippen LogP contribution in [-0.2, 0) is 16.1 Å². The Balaban J connectivity index is 1.57. The van der Waals surface area contributed by atoms with E-state index >= 15 is 0 Å². The Morgan fingerprint density at radius 1 is 1.04 bits per heavy atom. The summed E-state index contributed by atoms with van der Waals surface area (Å²) >= 11 is 11.8. The average Bonchev–Trinajstić information content (AvgIpc) is 2.58. The van der Waals surface area contributed by atoms with Crippen molar-refractivity contribution in [2.24, 2.45) is 0 Å². The van der Waals surface area contributed by atoms with Gasteiger partial charge in [0.15, 0.2) is 6.61 Å². The van der Waals surface area contributed by atoms with Crippen molar-refractivity contribution in [3.05, 3.63) is 74.6 Å². The highest BCUT2D eigenvalue weighted by Crippen LogP contribution is 2.22. The Morgan fingerprint density at radius 3 is 2.64 bits per heavy atom. The molecule has 0 saturated heterocycles. The molecule has 0 N–H and O–H groups in total. The number of hydrogen-bond acceptors (Lipinski definition) is 5. The molecule has 1 heterocycles. The zero-order chi connectivity index (χ0) is 17.8. The van der Waals surface area contributed by atoms with E-state index in [4.69, 9.17) is 37.1 Å². The predicted molar refractivity (Wildman–Crippen MR) is 94.2 cm³/mol. The zero-order valence-electron chi connectivity index (χ0n) is 12.8. The molecule has 0 aliphatic carbocycles. The molecule has 0 radical (unpaired) electrons. The maximum Gasteiger partial charge on any atom is 0.344 e. The van der Waals surface area contributed by atoms with Crippen molar-refractivity contribution < 1.29 is 18.7 Å². The number of benzene rings is 2. The zero-order valence-corrected chi connectivity index (χ0v) is 14.3. The van der Waals surface area contributed by atoms with E-state index < -0.39 is 11.6 Å². The van der Waals surface area contributed by atoms with E-state index in [9.17, 15) is 9.59 Å². The molecule has 0 aliphatic rings. The topological polar surface area (TPSA) is 65.7 Å². The molecule has 7 heteroatoms. The standard InChI is InChI=1S/C18H12Cl2O5/c19-13-4-1-12(15(20)7-13)9-24-18(22)10-23-14-5-2-11-3-6-17(21)25-16(11)8-14/h1-8H,9-10H2. The van der Waals surface area contributed by atoms with Crippen molar-refractivity contribution in [2.75, 3.05) is 6.61 Å². The average molecular weight is 379 g/mol. The molecule has 0 spiro atoms. The van der Waals surface area contributed by atoms with Crippen molar-refractivity contribution in [1.29, 1.82) is 0 Å². The van der Waals surface area contributed by atoms with Crippen LogP contribution in [0, 0.1) is 0 Å². The molecule has 3 aromatic rings. The largest absolute Gasteiger partial charge is 0.482 e. The van der Waals surface area contributed by atoms with Crippen LogP contribution in [0.1, 0.15) is 5.56 Å². The highest BCUT2D eigenvalue weighted by atomic mass is 35.5. The monoisotopic (exact) mass is 378 g/mol. The smallest absolute Gasteiger partial charge is 0.344 e. The second-order valence-electron chi connectivity index (χ2n) is 5.14. The summed E-state index contributed by atoms with van der Waals surface area (Å²) < 4.78 is 15.5. The van der Waals surface area contributed by atoms with Gasteiger partial charge in [-0.3, -0.25) is 0 Å². The number of hydrogen-bond donors (Lipinski definition) is 0. The van der Waals surface area contributed by atoms with Crippen molar-refractivity contribution in [3.8, 4) is 5.75 Å². The van der Waals surface area contributed by atoms with Gasteiger partial charge in [0.2, 0.25) is 0 Å². The summed E-state index contributed by atoms with van der Waals surface area (Å²) in [5.74, 6) is -0.163. The van der Waals surface area contributed by atoms with Crippen molar-refractivity contribution in [2.45, 2.75) is 6.61 Å². The number of carbonyl (C=O) groups is 1. The van der Waals surface area contributed by atoms with Gasteiger partial charge in [0.25, 0.3) is 0 Å². The van der Waals surface area contributed by atoms with Gasteiger partial charge in [-0.15, -0.1) is 0 Å². The highest BCUT2D eigenvalue weighted by molar-refractivity contribution is 6.35. The third-order valence-electron chi connectivity index (χ3n) is 3.36. The quantitative estimate of drug-likeness (QED) is 0.491. The molecule has 0 saturated carbocycles. The molecule has 3 rings (SSSR count). The third kappa shape index (κ3) is 4.53. The molecular weight excluding hydrogens is 367 g/mol. The first kappa shape index (κ1) is 17.3. The molecule has 0 unspecified atom stereocenters. The Morgan fingerprint density at radius 2 is 1.84 bits per heavy atom. The summed E-state index contributed by atoms with van der Waals surface area (Å²) in [4.78, 5) is 23.0. The number of halogens is 2. The number of carbonyl (C=O) groups excluding carboxylic acids is 1. The number of rotatable bonds is 5. The summed E-state index contributed by atoms with van der Waals surface area (Å²) in [5.41, 5.74) is 0.571. The molecule has 0 amide bonds. The molecule has 5 nitrogen and oxygen atoms in total. The van der Waals surface area contributed by atoms with Crippen LogP contribution in [0.4, 0.5) is 0 Å². The molecule has 2 aromatic carbocycles. The molecule has 0 fully saturated rings. The van der Waals surface area contributed by atoms with Gasteiger partial charge < -0.3 is 13.9 Å². The molecular formula is C18H12Cl2O5. The first-order valence-electron chi connectivity index (χ1n) is 7.27. The maximum atomic E-state index is 11.8. The van der Waals surface area contributed by atoms with Gasteiger partial charge in [-0.2, -0.15) is 0 Å². The van der Waals surface area contributed by atoms with Gasteiger partial charge in [0, 0.05) is 33.1 Å². The second-order valence-corrected chi connectivity index (χ2v) is 5.98. The minimum absolute atomic E-state index is 0.0186. The van der Waals surface area contributed by atoms with Gasteiger partial charge in [0.05, 0.1) is 0 Å². The lowest BCUT2D eigenvalue weighted by atomic mass is 10.2. The summed E-state index contributed by atoms with van der Waals surface area (Å²) in [5, 5.41) is 1.68. The van der Waals surface area contributed by atoms with Crippen LogP contribution < -0.4 is 10.4 Å². The van der Waals surface area contributed by atoms with Gasteiger partial charge in [-0.1, -0.05) is 29.3 Å². The highest BCUT2D eigenvalue weighted by Gasteiger charge is 2.08. The van der Waals surface area contributed by atoms with E-state index in [1.807, 2.05) is 0 Å². The fraction of sp³-hybridized carbons (Fsp3) is 0.111. The van der Waals surface area contributed by atoms with E-state index in [-0.39, 0.29) is 13.2 Å². The fourth-order valence-electron chi connectivity index (χ4n) is 2.11. The van der Waals surface area contributed by atoms with Crippen LogP contribution in [0.2, 0.25) is 10.0 Å². The Bertz CT molecular complexity index is 981. The van der Waals surface area contributed by atoms with E-state index in [1.165, 1.54) is 6.07 Å². The van der Waals surface area contributed by atoms with Gasteiger partial charge in [0.1, 0.15) is 17.9 Å². The molecule has 0 atom stereocenters. The normalized spacial score (nSPS) is 10.6. The molecule has 1 aromatic heterocycles. The Labute approximate surface area is 152 Å². The minimum Gasteiger partial charge on any atom is -0.482 e. The van der Waals surface area contributed by atoms with E-state index in [1.54, 1.807) is 42.5 Å². The summed E-state index contributed by atoms with van der Waals surface area (Å²) in [6.45, 7) is -0.265. The van der Waals surface area contributed by atoms with Gasteiger partial charge in [-0.25, -0.2) is 9.59 Å². The second kappa shape index (κ2) is 7.59. The van der Waals surface area contributed by atoms with Crippen LogP contribution in [0.3, 0.4) is 0 Å². The van der Waals surface area contributed by atoms with Crippen molar-refractivity contribution >= 4 is 40.1 Å². The molecule has 25 heavy (non-hydrogen) atoms. The lowest BCUT2D eigenvalue weighted by Crippen LogP contribution is -2.14. The minimum atomic E-state index is -0.555. The van der Waals surface area contributed by atoms with E-state index in [0.717, 1.165) is 5.39 Å². The van der Waals surface area contributed by atoms with Gasteiger partial charge in [-0.05, 0) is 30.3 Å². The van der Waals surface area contributed by atoms with E-state index in [2.05, 4.69) is 0 Å². The van der Waals surface area contributed by atoms with Crippen LogP contribution in [-0.4, -0.2) is 12.6 Å². The van der Waals surface area contributed by atoms with Gasteiger partial charge >= 0.3 is 11.6 Å². The van der Waals surface area contributed by atoms with Crippen molar-refractivity contribution in [1.82, 2.24) is 0 Å². The third-order valence-corrected chi connectivity index (χ3v) is 3.94.